The number of aromatic nitrogens is 1. The Labute approximate surface area is 132 Å². The van der Waals surface area contributed by atoms with Crippen LogP contribution in [0, 0.1) is 13.8 Å². The third-order valence-corrected chi connectivity index (χ3v) is 4.34. The van der Waals surface area contributed by atoms with Gasteiger partial charge in [-0.15, -0.1) is 0 Å². The van der Waals surface area contributed by atoms with Crippen LogP contribution in [0.4, 0.5) is 0 Å². The molecule has 22 heavy (non-hydrogen) atoms. The van der Waals surface area contributed by atoms with Crippen molar-refractivity contribution >= 4 is 10.9 Å². The van der Waals surface area contributed by atoms with Gasteiger partial charge >= 0.3 is 0 Å². The summed E-state index contributed by atoms with van der Waals surface area (Å²) in [7, 11) is 0. The predicted molar refractivity (Wildman–Crippen MR) is 93.5 cm³/mol. The molecule has 4 heteroatoms. The fourth-order valence-corrected chi connectivity index (χ4v) is 2.75. The van der Waals surface area contributed by atoms with Crippen LogP contribution in [0.15, 0.2) is 23.0 Å². The Balaban J connectivity index is 2.10. The molecule has 1 aromatic carbocycles. The summed E-state index contributed by atoms with van der Waals surface area (Å²) in [5.74, 6) is 0. The topological polar surface area (TPSA) is 48.1 Å². The number of nitrogens with zero attached hydrogens (tertiary/aromatic N) is 1. The van der Waals surface area contributed by atoms with E-state index < -0.39 is 0 Å². The first-order valence-corrected chi connectivity index (χ1v) is 8.12. The molecule has 0 atom stereocenters. The van der Waals surface area contributed by atoms with Gasteiger partial charge in [0.2, 0.25) is 0 Å². The summed E-state index contributed by atoms with van der Waals surface area (Å²) in [6.45, 7) is 13.1. The maximum Gasteiger partial charge on any atom is 0.252 e. The molecule has 0 spiro atoms. The minimum atomic E-state index is 0.0107. The molecule has 120 valence electrons. The normalized spacial score (nSPS) is 11.5. The van der Waals surface area contributed by atoms with Crippen LogP contribution in [0.3, 0.4) is 0 Å². The molecule has 0 saturated heterocycles. The van der Waals surface area contributed by atoms with Crippen LogP contribution >= 0.6 is 0 Å². The number of fused-ring (bicyclic) bond motifs is 1. The lowest BCUT2D eigenvalue weighted by Crippen LogP contribution is -2.32. The molecule has 0 radical (unpaired) electrons. The number of aromatic amines is 1. The van der Waals surface area contributed by atoms with Crippen molar-refractivity contribution in [2.75, 3.05) is 26.2 Å². The van der Waals surface area contributed by atoms with Crippen molar-refractivity contribution in [1.82, 2.24) is 15.2 Å². The Morgan fingerprint density at radius 2 is 1.82 bits per heavy atom. The Hall–Kier alpha value is -1.65. The molecule has 0 aliphatic carbocycles. The molecule has 0 saturated carbocycles. The number of benzene rings is 1. The zero-order chi connectivity index (χ0) is 16.1. The third kappa shape index (κ3) is 3.76. The van der Waals surface area contributed by atoms with Crippen molar-refractivity contribution in [2.24, 2.45) is 0 Å². The van der Waals surface area contributed by atoms with E-state index in [4.69, 9.17) is 0 Å². The fourth-order valence-electron chi connectivity index (χ4n) is 2.75. The molecule has 2 N–H and O–H groups in total. The smallest absolute Gasteiger partial charge is 0.252 e. The van der Waals surface area contributed by atoms with Crippen molar-refractivity contribution in [3.05, 3.63) is 45.2 Å². The maximum absolute atomic E-state index is 12.2. The highest BCUT2D eigenvalue weighted by molar-refractivity contribution is 5.85. The number of nitrogens with one attached hydrogen (secondary N) is 2. The monoisotopic (exact) mass is 301 g/mol. The summed E-state index contributed by atoms with van der Waals surface area (Å²) in [5, 5.41) is 4.52. The van der Waals surface area contributed by atoms with Gasteiger partial charge in [0.25, 0.3) is 5.56 Å². The Kier molecular flexibility index (Phi) is 5.75. The van der Waals surface area contributed by atoms with Gasteiger partial charge in [0.15, 0.2) is 0 Å². The molecule has 2 rings (SSSR count). The third-order valence-electron chi connectivity index (χ3n) is 4.34. The van der Waals surface area contributed by atoms with Crippen LogP contribution < -0.4 is 10.9 Å². The first-order valence-electron chi connectivity index (χ1n) is 8.12. The summed E-state index contributed by atoms with van der Waals surface area (Å²) in [6, 6.07) is 6.18. The molecule has 0 aliphatic rings. The second-order valence-corrected chi connectivity index (χ2v) is 5.82. The van der Waals surface area contributed by atoms with Crippen LogP contribution in [-0.2, 0) is 6.54 Å². The molecule has 1 aromatic heterocycles. The van der Waals surface area contributed by atoms with Gasteiger partial charge in [-0.1, -0.05) is 26.0 Å². The number of aryl methyl sites for hydroxylation is 2. The first kappa shape index (κ1) is 16.7. The number of hydrogen-bond donors (Lipinski definition) is 2. The molecule has 4 nitrogen and oxygen atoms in total. The zero-order valence-corrected chi connectivity index (χ0v) is 14.1. The Bertz CT molecular complexity index is 687. The van der Waals surface area contributed by atoms with E-state index in [0.717, 1.165) is 48.2 Å². The van der Waals surface area contributed by atoms with Crippen molar-refractivity contribution in [3.63, 3.8) is 0 Å². The van der Waals surface area contributed by atoms with Crippen molar-refractivity contribution < 1.29 is 0 Å². The summed E-state index contributed by atoms with van der Waals surface area (Å²) >= 11 is 0. The van der Waals surface area contributed by atoms with Gasteiger partial charge in [0.05, 0.1) is 5.52 Å². The van der Waals surface area contributed by atoms with E-state index in [1.807, 2.05) is 13.0 Å². The van der Waals surface area contributed by atoms with Gasteiger partial charge in [-0.25, -0.2) is 0 Å². The van der Waals surface area contributed by atoms with E-state index in [9.17, 15) is 4.79 Å². The summed E-state index contributed by atoms with van der Waals surface area (Å²) < 4.78 is 0. The molecule has 2 aromatic rings. The first-order chi connectivity index (χ1) is 10.6. The highest BCUT2D eigenvalue weighted by Crippen LogP contribution is 2.19. The number of pyridine rings is 1. The van der Waals surface area contributed by atoms with E-state index in [2.05, 4.69) is 48.1 Å². The van der Waals surface area contributed by atoms with Crippen LogP contribution in [0.1, 0.15) is 30.5 Å². The van der Waals surface area contributed by atoms with Gasteiger partial charge in [0.1, 0.15) is 0 Å². The lowest BCUT2D eigenvalue weighted by molar-refractivity contribution is 0.302. The largest absolute Gasteiger partial charge is 0.321 e. The van der Waals surface area contributed by atoms with Gasteiger partial charge in [-0.05, 0) is 44.1 Å². The van der Waals surface area contributed by atoms with Crippen LogP contribution in [0.2, 0.25) is 0 Å². The quantitative estimate of drug-likeness (QED) is 0.773. The summed E-state index contributed by atoms with van der Waals surface area (Å²) in [4.78, 5) is 17.6. The van der Waals surface area contributed by atoms with Gasteiger partial charge in [-0.2, -0.15) is 0 Å². The molecule has 0 amide bonds. The van der Waals surface area contributed by atoms with Gasteiger partial charge in [0, 0.05) is 30.6 Å². The van der Waals surface area contributed by atoms with E-state index in [1.54, 1.807) is 0 Å². The van der Waals surface area contributed by atoms with Crippen molar-refractivity contribution in [2.45, 2.75) is 34.2 Å². The lowest BCUT2D eigenvalue weighted by atomic mass is 10.0. The van der Waals surface area contributed by atoms with Crippen LogP contribution in [0.5, 0.6) is 0 Å². The van der Waals surface area contributed by atoms with E-state index in [1.165, 1.54) is 5.56 Å². The molecule has 0 bridgehead atoms. The predicted octanol–water partition coefficient (Wildman–Crippen LogP) is 2.58. The summed E-state index contributed by atoms with van der Waals surface area (Å²) in [5.41, 5.74) is 4.08. The van der Waals surface area contributed by atoms with E-state index >= 15 is 0 Å². The van der Waals surface area contributed by atoms with E-state index in [0.29, 0.717) is 6.54 Å². The highest BCUT2D eigenvalue weighted by atomic mass is 16.1. The zero-order valence-electron chi connectivity index (χ0n) is 14.1. The Morgan fingerprint density at radius 1 is 1.14 bits per heavy atom. The fraction of sp³-hybridized carbons (Fsp3) is 0.500. The maximum atomic E-state index is 12.2. The molecular formula is C18H27N3O. The number of hydrogen-bond acceptors (Lipinski definition) is 3. The molecule has 1 heterocycles. The van der Waals surface area contributed by atoms with Crippen LogP contribution in [-0.4, -0.2) is 36.1 Å². The second-order valence-electron chi connectivity index (χ2n) is 5.82. The molecule has 0 unspecified atom stereocenters. The lowest BCUT2D eigenvalue weighted by Gasteiger charge is -2.18. The summed E-state index contributed by atoms with van der Waals surface area (Å²) in [6.07, 6.45) is 0. The van der Waals surface area contributed by atoms with E-state index in [-0.39, 0.29) is 5.56 Å². The van der Waals surface area contributed by atoms with Gasteiger partial charge < -0.3 is 15.2 Å². The molecule has 0 fully saturated rings. The SMILES string of the molecule is CCN(CC)CCNCc1cc2c(C)ccc(C)c2[nH]c1=O. The highest BCUT2D eigenvalue weighted by Gasteiger charge is 2.07. The van der Waals surface area contributed by atoms with Crippen molar-refractivity contribution in [3.8, 4) is 0 Å². The molecule has 0 aliphatic heterocycles. The number of likely N-dealkylation sites (N-methyl/N-ethyl adjacent to an activating group) is 1. The Morgan fingerprint density at radius 3 is 2.50 bits per heavy atom. The minimum Gasteiger partial charge on any atom is -0.321 e. The van der Waals surface area contributed by atoms with Crippen LogP contribution in [0.25, 0.3) is 10.9 Å². The standard InChI is InChI=1S/C18H27N3O/c1-5-21(6-2)10-9-19-12-15-11-16-13(3)7-8-14(4)17(16)20-18(15)22/h7-8,11,19H,5-6,9-10,12H2,1-4H3,(H,20,22). The molecular weight excluding hydrogens is 274 g/mol. The second kappa shape index (κ2) is 7.56. The van der Waals surface area contributed by atoms with Gasteiger partial charge in [-0.3, -0.25) is 4.79 Å². The average molecular weight is 301 g/mol. The number of rotatable bonds is 7. The average Bonchev–Trinajstić information content (AvgIpc) is 2.52. The minimum absolute atomic E-state index is 0.0107. The van der Waals surface area contributed by atoms with Crippen molar-refractivity contribution in [1.29, 1.82) is 0 Å². The number of H-pyrrole nitrogens is 1.